The van der Waals surface area contributed by atoms with E-state index in [-0.39, 0.29) is 16.7 Å². The molecule has 1 amide bonds. The van der Waals surface area contributed by atoms with E-state index in [4.69, 9.17) is 4.52 Å². The van der Waals surface area contributed by atoms with Crippen LogP contribution in [-0.2, 0) is 14.8 Å². The van der Waals surface area contributed by atoms with Gasteiger partial charge in [-0.15, -0.1) is 11.3 Å². The van der Waals surface area contributed by atoms with E-state index >= 15 is 0 Å². The van der Waals surface area contributed by atoms with Crippen LogP contribution in [0.2, 0.25) is 0 Å². The summed E-state index contributed by atoms with van der Waals surface area (Å²) in [5.41, 5.74) is 0.375. The van der Waals surface area contributed by atoms with E-state index in [0.29, 0.717) is 43.9 Å². The van der Waals surface area contributed by atoms with Gasteiger partial charge < -0.3 is 14.3 Å². The minimum Gasteiger partial charge on any atom is -0.360 e. The third kappa shape index (κ3) is 4.10. The lowest BCUT2D eigenvalue weighted by Crippen LogP contribution is -2.45. The number of anilines is 1. The van der Waals surface area contributed by atoms with E-state index in [2.05, 4.69) is 15.0 Å². The molecule has 164 valence electrons. The van der Waals surface area contributed by atoms with E-state index in [9.17, 15) is 13.2 Å². The van der Waals surface area contributed by atoms with Crippen molar-refractivity contribution >= 4 is 32.4 Å². The van der Waals surface area contributed by atoms with Crippen molar-refractivity contribution in [3.05, 3.63) is 23.0 Å². The number of sulfonamides is 1. The summed E-state index contributed by atoms with van der Waals surface area (Å²) in [4.78, 5) is 21.8. The SMILES string of the molecule is Cc1noc(C)c1S(=O)(=O)N1CCC(C(=O)N2CCCN(c3nccs3)CC2)CC1. The number of nitrogens with zero attached hydrogens (tertiary/aromatic N) is 5. The first-order valence-corrected chi connectivity index (χ1v) is 12.6. The molecule has 4 heterocycles. The molecular formula is C19H27N5O4S2. The van der Waals surface area contributed by atoms with Crippen LogP contribution in [0, 0.1) is 19.8 Å². The standard InChI is InChI=1S/C19H27N5O4S2/c1-14-17(15(2)28-21-14)30(26,27)24-9-4-16(5-10-24)18(25)22-7-3-8-23(12-11-22)19-20-6-13-29-19/h6,13,16H,3-5,7-12H2,1-2H3. The van der Waals surface area contributed by atoms with Gasteiger partial charge in [-0.2, -0.15) is 4.31 Å². The van der Waals surface area contributed by atoms with Crippen molar-refractivity contribution in [2.75, 3.05) is 44.2 Å². The molecule has 2 saturated heterocycles. The second-order valence-corrected chi connectivity index (χ2v) is 10.6. The van der Waals surface area contributed by atoms with Crippen LogP contribution in [0.5, 0.6) is 0 Å². The van der Waals surface area contributed by atoms with Gasteiger partial charge >= 0.3 is 0 Å². The van der Waals surface area contributed by atoms with Crippen molar-refractivity contribution in [3.63, 3.8) is 0 Å². The third-order valence-electron chi connectivity index (χ3n) is 5.87. The van der Waals surface area contributed by atoms with Gasteiger partial charge in [-0.25, -0.2) is 13.4 Å². The maximum absolute atomic E-state index is 13.1. The molecule has 0 unspecified atom stereocenters. The summed E-state index contributed by atoms with van der Waals surface area (Å²) in [6.07, 6.45) is 3.78. The van der Waals surface area contributed by atoms with Gasteiger partial charge in [-0.1, -0.05) is 5.16 Å². The normalized spacial score (nSPS) is 19.8. The number of carbonyl (C=O) groups is 1. The molecule has 0 aliphatic carbocycles. The monoisotopic (exact) mass is 453 g/mol. The maximum atomic E-state index is 13.1. The number of thiazole rings is 1. The van der Waals surface area contributed by atoms with Crippen molar-refractivity contribution in [2.45, 2.75) is 38.0 Å². The van der Waals surface area contributed by atoms with Crippen LogP contribution in [0.15, 0.2) is 21.0 Å². The lowest BCUT2D eigenvalue weighted by molar-refractivity contribution is -0.136. The van der Waals surface area contributed by atoms with Crippen molar-refractivity contribution in [1.82, 2.24) is 19.3 Å². The molecule has 2 aliphatic heterocycles. The first-order valence-electron chi connectivity index (χ1n) is 10.2. The molecule has 0 saturated carbocycles. The Balaban J connectivity index is 1.35. The zero-order valence-corrected chi connectivity index (χ0v) is 18.9. The summed E-state index contributed by atoms with van der Waals surface area (Å²) in [6, 6.07) is 0. The predicted octanol–water partition coefficient (Wildman–Crippen LogP) is 1.89. The first kappa shape index (κ1) is 21.3. The predicted molar refractivity (Wildman–Crippen MR) is 113 cm³/mol. The Morgan fingerprint density at radius 3 is 2.53 bits per heavy atom. The number of aromatic nitrogens is 2. The van der Waals surface area contributed by atoms with Crippen molar-refractivity contribution in [3.8, 4) is 0 Å². The summed E-state index contributed by atoms with van der Waals surface area (Å²) in [6.45, 7) is 6.99. The molecule has 9 nitrogen and oxygen atoms in total. The molecule has 2 aromatic heterocycles. The Morgan fingerprint density at radius 1 is 1.13 bits per heavy atom. The largest absolute Gasteiger partial charge is 0.360 e. The Kier molecular flexibility index (Phi) is 6.12. The van der Waals surface area contributed by atoms with E-state index < -0.39 is 10.0 Å². The van der Waals surface area contributed by atoms with Gasteiger partial charge in [0.2, 0.25) is 15.9 Å². The number of aryl methyl sites for hydroxylation is 2. The highest BCUT2D eigenvalue weighted by Crippen LogP contribution is 2.29. The third-order valence-corrected chi connectivity index (χ3v) is 8.84. The van der Waals surface area contributed by atoms with Crippen LogP contribution in [0.25, 0.3) is 0 Å². The molecule has 0 bridgehead atoms. The van der Waals surface area contributed by atoms with Crippen LogP contribution < -0.4 is 4.90 Å². The zero-order chi connectivity index (χ0) is 21.3. The van der Waals surface area contributed by atoms with E-state index in [1.54, 1.807) is 31.4 Å². The zero-order valence-electron chi connectivity index (χ0n) is 17.3. The van der Waals surface area contributed by atoms with Crippen molar-refractivity contribution < 1.29 is 17.7 Å². The van der Waals surface area contributed by atoms with Gasteiger partial charge in [-0.3, -0.25) is 4.79 Å². The summed E-state index contributed by atoms with van der Waals surface area (Å²) < 4.78 is 32.5. The number of piperidine rings is 1. The van der Waals surface area contributed by atoms with Crippen molar-refractivity contribution in [1.29, 1.82) is 0 Å². The number of amides is 1. The average molecular weight is 454 g/mol. The Hall–Kier alpha value is -1.98. The molecule has 0 N–H and O–H groups in total. The van der Waals surface area contributed by atoms with Crippen molar-refractivity contribution in [2.24, 2.45) is 5.92 Å². The molecule has 4 rings (SSSR count). The number of hydrogen-bond donors (Lipinski definition) is 0. The molecule has 0 aromatic carbocycles. The minimum absolute atomic E-state index is 0.132. The van der Waals surface area contributed by atoms with Gasteiger partial charge in [0.25, 0.3) is 0 Å². The van der Waals surface area contributed by atoms with E-state index in [1.807, 2.05) is 10.3 Å². The maximum Gasteiger partial charge on any atom is 0.248 e. The highest BCUT2D eigenvalue weighted by molar-refractivity contribution is 7.89. The highest BCUT2D eigenvalue weighted by Gasteiger charge is 2.36. The minimum atomic E-state index is -3.65. The molecule has 2 aliphatic rings. The first-order chi connectivity index (χ1) is 14.4. The van der Waals surface area contributed by atoms with Gasteiger partial charge in [-0.05, 0) is 33.1 Å². The number of carbonyl (C=O) groups excluding carboxylic acids is 1. The fourth-order valence-electron chi connectivity index (χ4n) is 4.27. The average Bonchev–Trinajstić information content (AvgIpc) is 3.31. The van der Waals surface area contributed by atoms with Gasteiger partial charge in [0, 0.05) is 56.8 Å². The smallest absolute Gasteiger partial charge is 0.248 e. The van der Waals surface area contributed by atoms with Crippen LogP contribution in [0.3, 0.4) is 0 Å². The highest BCUT2D eigenvalue weighted by atomic mass is 32.2. The molecule has 11 heteroatoms. The second-order valence-electron chi connectivity index (χ2n) is 7.81. The summed E-state index contributed by atoms with van der Waals surface area (Å²) in [7, 11) is -3.65. The Labute approximate surface area is 180 Å². The molecule has 2 aromatic rings. The van der Waals surface area contributed by atoms with Gasteiger partial charge in [0.05, 0.1) is 0 Å². The fraction of sp³-hybridized carbons (Fsp3) is 0.632. The molecule has 0 atom stereocenters. The molecule has 30 heavy (non-hydrogen) atoms. The van der Waals surface area contributed by atoms with Crippen LogP contribution >= 0.6 is 11.3 Å². The number of hydrogen-bond acceptors (Lipinski definition) is 8. The van der Waals surface area contributed by atoms with E-state index in [1.165, 1.54) is 4.31 Å². The topological polar surface area (TPSA) is 99.8 Å². The lowest BCUT2D eigenvalue weighted by Gasteiger charge is -2.33. The summed E-state index contributed by atoms with van der Waals surface area (Å²) in [5.74, 6) is 0.318. The van der Waals surface area contributed by atoms with Crippen LogP contribution in [0.4, 0.5) is 5.13 Å². The molecule has 2 fully saturated rings. The number of rotatable bonds is 4. The summed E-state index contributed by atoms with van der Waals surface area (Å²) >= 11 is 1.62. The Bertz CT molecular complexity index is 961. The Morgan fingerprint density at radius 2 is 1.90 bits per heavy atom. The van der Waals surface area contributed by atoms with Crippen LogP contribution in [-0.4, -0.2) is 72.9 Å². The van der Waals surface area contributed by atoms with Gasteiger partial charge in [0.15, 0.2) is 10.9 Å². The van der Waals surface area contributed by atoms with E-state index in [0.717, 1.165) is 31.2 Å². The van der Waals surface area contributed by atoms with Gasteiger partial charge in [0.1, 0.15) is 10.6 Å². The lowest BCUT2D eigenvalue weighted by atomic mass is 9.96. The fourth-order valence-corrected chi connectivity index (χ4v) is 6.73. The van der Waals surface area contributed by atoms with Crippen LogP contribution in [0.1, 0.15) is 30.7 Å². The molecule has 0 radical (unpaired) electrons. The summed E-state index contributed by atoms with van der Waals surface area (Å²) in [5, 5.41) is 6.73. The second kappa shape index (κ2) is 8.64. The molecule has 0 spiro atoms. The molecular weight excluding hydrogens is 426 g/mol. The quantitative estimate of drug-likeness (QED) is 0.697.